The quantitative estimate of drug-likeness (QED) is 0.815. The highest BCUT2D eigenvalue weighted by molar-refractivity contribution is 6.31. The van der Waals surface area contributed by atoms with Crippen LogP contribution >= 0.6 is 11.6 Å². The van der Waals surface area contributed by atoms with Crippen molar-refractivity contribution in [3.8, 4) is 0 Å². The van der Waals surface area contributed by atoms with E-state index in [9.17, 15) is 0 Å². The lowest BCUT2D eigenvalue weighted by molar-refractivity contribution is 0.0898. The molecule has 3 heterocycles. The van der Waals surface area contributed by atoms with Crippen molar-refractivity contribution in [1.82, 2.24) is 9.88 Å². The molecule has 0 aliphatic carbocycles. The van der Waals surface area contributed by atoms with Crippen molar-refractivity contribution in [2.24, 2.45) is 0 Å². The molecule has 106 valence electrons. The Hall–Kier alpha value is -0.990. The first-order chi connectivity index (χ1) is 9.83. The van der Waals surface area contributed by atoms with Crippen LogP contribution in [0.3, 0.4) is 0 Å². The molecule has 2 saturated heterocycles. The minimum absolute atomic E-state index is 0.677. The van der Waals surface area contributed by atoms with E-state index < -0.39 is 0 Å². The maximum absolute atomic E-state index is 6.20. The number of halogens is 1. The number of benzene rings is 1. The molecule has 1 N–H and O–H groups in total. The van der Waals surface area contributed by atoms with Crippen LogP contribution in [0.5, 0.6) is 0 Å². The van der Waals surface area contributed by atoms with Crippen LogP contribution in [-0.4, -0.2) is 29.0 Å². The molecule has 2 nitrogen and oxygen atoms in total. The maximum Gasteiger partial charge on any atom is 0.0457 e. The van der Waals surface area contributed by atoms with Crippen molar-refractivity contribution in [3.05, 3.63) is 35.0 Å². The summed E-state index contributed by atoms with van der Waals surface area (Å²) in [5.41, 5.74) is 2.71. The number of H-pyrrole nitrogens is 1. The molecule has 1 aromatic carbocycles. The first-order valence-corrected chi connectivity index (χ1v) is 8.21. The van der Waals surface area contributed by atoms with E-state index in [0.29, 0.717) is 5.92 Å². The van der Waals surface area contributed by atoms with Crippen molar-refractivity contribution in [2.45, 2.75) is 44.1 Å². The molecule has 2 aromatic rings. The molecular formula is C17H21ClN2. The third-order valence-corrected chi connectivity index (χ3v) is 5.40. The number of nitrogens with zero attached hydrogens (tertiary/aromatic N) is 1. The number of rotatable bonds is 1. The van der Waals surface area contributed by atoms with Crippen LogP contribution in [-0.2, 0) is 0 Å². The predicted molar refractivity (Wildman–Crippen MR) is 84.5 cm³/mol. The first-order valence-electron chi connectivity index (χ1n) is 7.83. The van der Waals surface area contributed by atoms with E-state index in [4.69, 9.17) is 11.6 Å². The maximum atomic E-state index is 6.20. The van der Waals surface area contributed by atoms with Gasteiger partial charge in [0.1, 0.15) is 0 Å². The summed E-state index contributed by atoms with van der Waals surface area (Å²) in [6, 6.07) is 6.95. The lowest BCUT2D eigenvalue weighted by Crippen LogP contribution is -2.46. The van der Waals surface area contributed by atoms with Gasteiger partial charge in [0, 0.05) is 34.1 Å². The van der Waals surface area contributed by atoms with Gasteiger partial charge < -0.3 is 4.98 Å². The van der Waals surface area contributed by atoms with Gasteiger partial charge in [0.2, 0.25) is 0 Å². The van der Waals surface area contributed by atoms with Gasteiger partial charge in [0.05, 0.1) is 0 Å². The Bertz CT molecular complexity index is 616. The van der Waals surface area contributed by atoms with Crippen LogP contribution in [0, 0.1) is 0 Å². The molecule has 1 aromatic heterocycles. The van der Waals surface area contributed by atoms with Gasteiger partial charge >= 0.3 is 0 Å². The Morgan fingerprint density at radius 2 is 2.00 bits per heavy atom. The highest BCUT2D eigenvalue weighted by atomic mass is 35.5. The molecule has 0 bridgehead atoms. The summed E-state index contributed by atoms with van der Waals surface area (Å²) in [6.45, 7) is 2.59. The summed E-state index contributed by atoms with van der Waals surface area (Å²) >= 11 is 6.20. The highest BCUT2D eigenvalue weighted by Crippen LogP contribution is 2.40. The van der Waals surface area contributed by atoms with E-state index in [1.54, 1.807) is 0 Å². The smallest absolute Gasteiger partial charge is 0.0457 e. The van der Waals surface area contributed by atoms with Gasteiger partial charge in [0.15, 0.2) is 0 Å². The van der Waals surface area contributed by atoms with Gasteiger partial charge in [0.25, 0.3) is 0 Å². The Kier molecular flexibility index (Phi) is 3.24. The van der Waals surface area contributed by atoms with Crippen molar-refractivity contribution in [1.29, 1.82) is 0 Å². The number of hydrogen-bond acceptors (Lipinski definition) is 1. The summed E-state index contributed by atoms with van der Waals surface area (Å²) in [6.07, 6.45) is 9.00. The molecule has 0 saturated carbocycles. The minimum atomic E-state index is 0.677. The molecule has 20 heavy (non-hydrogen) atoms. The third kappa shape index (κ3) is 2.06. The molecule has 2 aliphatic rings. The number of aromatic nitrogens is 1. The molecule has 2 atom stereocenters. The Labute approximate surface area is 125 Å². The molecule has 3 heteroatoms. The summed E-state index contributed by atoms with van der Waals surface area (Å²) < 4.78 is 0. The summed E-state index contributed by atoms with van der Waals surface area (Å²) in [5.74, 6) is 0.677. The Balaban J connectivity index is 1.75. The molecule has 4 rings (SSSR count). The second-order valence-corrected chi connectivity index (χ2v) is 6.72. The van der Waals surface area contributed by atoms with Crippen molar-refractivity contribution < 1.29 is 0 Å². The molecule has 0 spiro atoms. The van der Waals surface area contributed by atoms with Gasteiger partial charge in [-0.1, -0.05) is 18.0 Å². The van der Waals surface area contributed by atoms with Crippen LogP contribution in [0.2, 0.25) is 5.02 Å². The van der Waals surface area contributed by atoms with Gasteiger partial charge in [-0.25, -0.2) is 0 Å². The van der Waals surface area contributed by atoms with E-state index in [1.165, 1.54) is 61.7 Å². The number of piperidine rings is 2. The molecule has 2 unspecified atom stereocenters. The average Bonchev–Trinajstić information content (AvgIpc) is 2.89. The standard InChI is InChI=1S/C17H21ClN2/c18-12-6-7-16-14(10-12)15(11-19-16)13-4-3-9-20-8-2-1-5-17(13)20/h6-7,10-11,13,17,19H,1-5,8-9H2. The topological polar surface area (TPSA) is 19.0 Å². The summed E-state index contributed by atoms with van der Waals surface area (Å²) in [5, 5.41) is 2.17. The average molecular weight is 289 g/mol. The lowest BCUT2D eigenvalue weighted by atomic mass is 9.79. The number of nitrogens with one attached hydrogen (secondary N) is 1. The van der Waals surface area contributed by atoms with Crippen LogP contribution in [0.15, 0.2) is 24.4 Å². The first kappa shape index (κ1) is 12.7. The fraction of sp³-hybridized carbons (Fsp3) is 0.529. The van der Waals surface area contributed by atoms with Crippen LogP contribution in [0.1, 0.15) is 43.6 Å². The van der Waals surface area contributed by atoms with E-state index in [0.717, 1.165) is 11.1 Å². The van der Waals surface area contributed by atoms with Crippen molar-refractivity contribution in [3.63, 3.8) is 0 Å². The molecule has 0 radical (unpaired) electrons. The third-order valence-electron chi connectivity index (χ3n) is 5.16. The number of fused-ring (bicyclic) bond motifs is 2. The van der Waals surface area contributed by atoms with Crippen LogP contribution in [0.4, 0.5) is 0 Å². The minimum Gasteiger partial charge on any atom is -0.361 e. The Morgan fingerprint density at radius 1 is 1.10 bits per heavy atom. The molecular weight excluding hydrogens is 268 g/mol. The van der Waals surface area contributed by atoms with Crippen LogP contribution < -0.4 is 0 Å². The largest absolute Gasteiger partial charge is 0.361 e. The molecule has 2 aliphatic heterocycles. The van der Waals surface area contributed by atoms with E-state index in [-0.39, 0.29) is 0 Å². The summed E-state index contributed by atoms with van der Waals surface area (Å²) in [4.78, 5) is 6.15. The van der Waals surface area contributed by atoms with Crippen molar-refractivity contribution in [2.75, 3.05) is 13.1 Å². The zero-order chi connectivity index (χ0) is 13.5. The Morgan fingerprint density at radius 3 is 2.95 bits per heavy atom. The van der Waals surface area contributed by atoms with Gasteiger partial charge in [-0.3, -0.25) is 4.90 Å². The second-order valence-electron chi connectivity index (χ2n) is 6.28. The number of hydrogen-bond donors (Lipinski definition) is 1. The fourth-order valence-corrected chi connectivity index (χ4v) is 4.41. The fourth-order valence-electron chi connectivity index (χ4n) is 4.24. The van der Waals surface area contributed by atoms with Crippen LogP contribution in [0.25, 0.3) is 10.9 Å². The van der Waals surface area contributed by atoms with E-state index in [2.05, 4.69) is 28.2 Å². The highest BCUT2D eigenvalue weighted by Gasteiger charge is 2.34. The zero-order valence-electron chi connectivity index (χ0n) is 11.7. The van der Waals surface area contributed by atoms with E-state index in [1.807, 2.05) is 6.07 Å². The molecule has 2 fully saturated rings. The lowest BCUT2D eigenvalue weighted by Gasteiger charge is -2.44. The summed E-state index contributed by atoms with van der Waals surface area (Å²) in [7, 11) is 0. The normalized spacial score (nSPS) is 27.6. The molecule has 0 amide bonds. The monoisotopic (exact) mass is 288 g/mol. The van der Waals surface area contributed by atoms with Gasteiger partial charge in [-0.2, -0.15) is 0 Å². The van der Waals surface area contributed by atoms with Gasteiger partial charge in [-0.15, -0.1) is 0 Å². The zero-order valence-corrected chi connectivity index (χ0v) is 12.5. The second kappa shape index (κ2) is 5.09. The predicted octanol–water partition coefficient (Wildman–Crippen LogP) is 4.55. The SMILES string of the molecule is Clc1ccc2[nH]cc(C3CCCN4CCCCC34)c2c1. The van der Waals surface area contributed by atoms with Crippen molar-refractivity contribution >= 4 is 22.5 Å². The van der Waals surface area contributed by atoms with Gasteiger partial charge in [-0.05, 0) is 62.5 Å². The van der Waals surface area contributed by atoms with E-state index >= 15 is 0 Å². The number of aromatic amines is 1.